The molecule has 122 valence electrons. The second kappa shape index (κ2) is 6.87. The lowest BCUT2D eigenvalue weighted by Gasteiger charge is -2.27. The molecule has 0 aliphatic rings. The average Bonchev–Trinajstić information content (AvgIpc) is 2.80. The van der Waals surface area contributed by atoms with Gasteiger partial charge >= 0.3 is 0 Å². The molecule has 1 rings (SSSR count). The Labute approximate surface area is 126 Å². The minimum atomic E-state index is -3.67. The van der Waals surface area contributed by atoms with Gasteiger partial charge in [-0.05, 0) is 6.92 Å². The van der Waals surface area contributed by atoms with E-state index in [9.17, 15) is 8.42 Å². The molecule has 0 amide bonds. The minimum Gasteiger partial charge on any atom is -0.382 e. The third-order valence-electron chi connectivity index (χ3n) is 3.26. The molecule has 0 aliphatic carbocycles. The number of imidazole rings is 1. The lowest BCUT2D eigenvalue weighted by Crippen LogP contribution is -2.45. The van der Waals surface area contributed by atoms with Gasteiger partial charge in [0.1, 0.15) is 11.4 Å². The molecule has 0 spiro atoms. The maximum Gasteiger partial charge on any atom is 0.259 e. The molecule has 21 heavy (non-hydrogen) atoms. The lowest BCUT2D eigenvalue weighted by molar-refractivity contribution is -0.0460. The van der Waals surface area contributed by atoms with Gasteiger partial charge in [-0.15, -0.1) is 0 Å². The van der Waals surface area contributed by atoms with E-state index >= 15 is 0 Å². The van der Waals surface area contributed by atoms with Gasteiger partial charge in [0.05, 0.1) is 6.61 Å². The fraction of sp³-hybridized carbons (Fsp3) is 0.769. The summed E-state index contributed by atoms with van der Waals surface area (Å²) in [6, 6.07) is 0. The van der Waals surface area contributed by atoms with Gasteiger partial charge < -0.3 is 14.0 Å². The van der Waals surface area contributed by atoms with Crippen LogP contribution in [-0.4, -0.2) is 50.9 Å². The monoisotopic (exact) mass is 319 g/mol. The number of hydrogen-bond donors (Lipinski definition) is 1. The van der Waals surface area contributed by atoms with Gasteiger partial charge in [0, 0.05) is 39.9 Å². The van der Waals surface area contributed by atoms with Crippen molar-refractivity contribution in [2.24, 2.45) is 7.05 Å². The second-order valence-electron chi connectivity index (χ2n) is 5.61. The number of nitrogens with one attached hydrogen (secondary N) is 1. The highest BCUT2D eigenvalue weighted by Gasteiger charge is 2.28. The molecule has 0 saturated carbocycles. The SMILES string of the molecule is COC[C@](C)(CNS(=O)(=O)c1cn(C)c(C(C)C)n1)OC. The number of sulfonamides is 1. The van der Waals surface area contributed by atoms with Crippen molar-refractivity contribution in [3.8, 4) is 0 Å². The maximum absolute atomic E-state index is 12.3. The predicted octanol–water partition coefficient (Wildman–Crippen LogP) is 0.873. The van der Waals surface area contributed by atoms with E-state index in [0.717, 1.165) is 5.82 Å². The van der Waals surface area contributed by atoms with E-state index in [2.05, 4.69) is 9.71 Å². The molecule has 1 aromatic rings. The van der Waals surface area contributed by atoms with Crippen LogP contribution in [0.1, 0.15) is 32.5 Å². The number of methoxy groups -OCH3 is 2. The van der Waals surface area contributed by atoms with Gasteiger partial charge in [-0.25, -0.2) is 18.1 Å². The highest BCUT2D eigenvalue weighted by molar-refractivity contribution is 7.89. The Balaban J connectivity index is 2.89. The summed E-state index contributed by atoms with van der Waals surface area (Å²) in [5, 5.41) is 0.0181. The first-order chi connectivity index (χ1) is 9.65. The summed E-state index contributed by atoms with van der Waals surface area (Å²) in [5.74, 6) is 0.874. The van der Waals surface area contributed by atoms with Crippen molar-refractivity contribution in [1.82, 2.24) is 14.3 Å². The van der Waals surface area contributed by atoms with Crippen LogP contribution in [-0.2, 0) is 26.5 Å². The van der Waals surface area contributed by atoms with E-state index in [1.807, 2.05) is 13.8 Å². The van der Waals surface area contributed by atoms with Crippen molar-refractivity contribution in [2.75, 3.05) is 27.4 Å². The predicted molar refractivity (Wildman–Crippen MR) is 79.8 cm³/mol. The van der Waals surface area contributed by atoms with Gasteiger partial charge in [0.2, 0.25) is 0 Å². The molecule has 0 fully saturated rings. The Bertz CT molecular complexity index is 568. The van der Waals surface area contributed by atoms with Gasteiger partial charge in [-0.2, -0.15) is 0 Å². The molecule has 1 N–H and O–H groups in total. The maximum atomic E-state index is 12.3. The fourth-order valence-corrected chi connectivity index (χ4v) is 3.08. The van der Waals surface area contributed by atoms with Crippen LogP contribution in [0.15, 0.2) is 11.2 Å². The van der Waals surface area contributed by atoms with E-state index in [0.29, 0.717) is 0 Å². The molecule has 0 aromatic carbocycles. The van der Waals surface area contributed by atoms with E-state index < -0.39 is 15.6 Å². The summed E-state index contributed by atoms with van der Waals surface area (Å²) in [5.41, 5.74) is -0.725. The normalized spacial score (nSPS) is 15.4. The van der Waals surface area contributed by atoms with Crippen LogP contribution in [0.4, 0.5) is 0 Å². The van der Waals surface area contributed by atoms with Crippen LogP contribution in [0.2, 0.25) is 0 Å². The number of aromatic nitrogens is 2. The molecule has 0 saturated heterocycles. The van der Waals surface area contributed by atoms with Crippen LogP contribution in [0.5, 0.6) is 0 Å². The summed E-state index contributed by atoms with van der Waals surface area (Å²) in [4.78, 5) is 4.19. The summed E-state index contributed by atoms with van der Waals surface area (Å²) in [7, 11) is 1.17. The molecule has 1 heterocycles. The molecule has 0 radical (unpaired) electrons. The van der Waals surface area contributed by atoms with Crippen molar-refractivity contribution in [1.29, 1.82) is 0 Å². The summed E-state index contributed by atoms with van der Waals surface area (Å²) < 4.78 is 39.2. The molecule has 7 nitrogen and oxygen atoms in total. The average molecular weight is 319 g/mol. The van der Waals surface area contributed by atoms with Crippen molar-refractivity contribution in [3.05, 3.63) is 12.0 Å². The third kappa shape index (κ3) is 4.50. The first-order valence-corrected chi connectivity index (χ1v) is 8.20. The topological polar surface area (TPSA) is 82.5 Å². The van der Waals surface area contributed by atoms with E-state index in [1.54, 1.807) is 25.6 Å². The van der Waals surface area contributed by atoms with E-state index in [1.165, 1.54) is 13.3 Å². The first kappa shape index (κ1) is 18.1. The highest BCUT2D eigenvalue weighted by Crippen LogP contribution is 2.16. The molecule has 0 bridgehead atoms. The van der Waals surface area contributed by atoms with Crippen molar-refractivity contribution in [2.45, 2.75) is 37.3 Å². The van der Waals surface area contributed by atoms with Crippen molar-refractivity contribution < 1.29 is 17.9 Å². The standard InChI is InChI=1S/C13H25N3O4S/c1-10(2)12-15-11(7-16(12)4)21(17,18)14-8-13(3,20-6)9-19-5/h7,10,14H,8-9H2,1-6H3/t13-/m0/s1. The lowest BCUT2D eigenvalue weighted by atomic mass is 10.1. The summed E-state index contributed by atoms with van der Waals surface area (Å²) in [6.07, 6.45) is 1.51. The Kier molecular flexibility index (Phi) is 5.92. The number of aryl methyl sites for hydroxylation is 1. The molecular formula is C13H25N3O4S. The molecule has 0 aliphatic heterocycles. The minimum absolute atomic E-state index is 0.0181. The van der Waals surface area contributed by atoms with Gasteiger partial charge in [0.15, 0.2) is 5.03 Å². The zero-order valence-corrected chi connectivity index (χ0v) is 14.3. The van der Waals surface area contributed by atoms with Gasteiger partial charge in [-0.3, -0.25) is 0 Å². The molecule has 8 heteroatoms. The Morgan fingerprint density at radius 1 is 1.43 bits per heavy atom. The van der Waals surface area contributed by atoms with Crippen molar-refractivity contribution in [3.63, 3.8) is 0 Å². The number of hydrogen-bond acceptors (Lipinski definition) is 5. The largest absolute Gasteiger partial charge is 0.382 e. The second-order valence-corrected chi connectivity index (χ2v) is 7.33. The van der Waals surface area contributed by atoms with Crippen LogP contribution < -0.4 is 4.72 Å². The Morgan fingerprint density at radius 3 is 2.48 bits per heavy atom. The Hall–Kier alpha value is -0.960. The van der Waals surface area contributed by atoms with Gasteiger partial charge in [-0.1, -0.05) is 13.8 Å². The summed E-state index contributed by atoms with van der Waals surface area (Å²) >= 11 is 0. The van der Waals surface area contributed by atoms with E-state index in [-0.39, 0.29) is 24.1 Å². The molecule has 0 unspecified atom stereocenters. The quantitative estimate of drug-likeness (QED) is 0.769. The Morgan fingerprint density at radius 2 is 2.05 bits per heavy atom. The number of ether oxygens (including phenoxy) is 2. The molecular weight excluding hydrogens is 294 g/mol. The molecule has 1 atom stereocenters. The first-order valence-electron chi connectivity index (χ1n) is 6.72. The van der Waals surface area contributed by atoms with Crippen LogP contribution in [0, 0.1) is 0 Å². The third-order valence-corrected chi connectivity index (χ3v) is 4.53. The fourth-order valence-electron chi connectivity index (χ4n) is 1.93. The summed E-state index contributed by atoms with van der Waals surface area (Å²) in [6.45, 7) is 6.09. The van der Waals surface area contributed by atoms with Crippen LogP contribution in [0.25, 0.3) is 0 Å². The zero-order chi connectivity index (χ0) is 16.3. The number of nitrogens with zero attached hydrogens (tertiary/aromatic N) is 2. The van der Waals surface area contributed by atoms with Gasteiger partial charge in [0.25, 0.3) is 10.0 Å². The highest BCUT2D eigenvalue weighted by atomic mass is 32.2. The zero-order valence-electron chi connectivity index (χ0n) is 13.5. The van der Waals surface area contributed by atoms with Crippen LogP contribution in [0.3, 0.4) is 0 Å². The molecule has 1 aromatic heterocycles. The number of rotatable bonds is 8. The van der Waals surface area contributed by atoms with E-state index in [4.69, 9.17) is 9.47 Å². The van der Waals surface area contributed by atoms with Crippen LogP contribution >= 0.6 is 0 Å². The van der Waals surface area contributed by atoms with Crippen molar-refractivity contribution >= 4 is 10.0 Å². The smallest absolute Gasteiger partial charge is 0.259 e.